The number of guanidine groups is 1. The molecule has 0 bridgehead atoms. The van der Waals surface area contributed by atoms with Crippen LogP contribution in [0.15, 0.2) is 58.1 Å². The predicted octanol–water partition coefficient (Wildman–Crippen LogP) is 3.71. The summed E-state index contributed by atoms with van der Waals surface area (Å²) in [7, 11) is 0. The van der Waals surface area contributed by atoms with Crippen LogP contribution in [0.3, 0.4) is 0 Å². The fraction of sp³-hybridized carbons (Fsp3) is 0.353. The first-order valence-electron chi connectivity index (χ1n) is 7.64. The van der Waals surface area contributed by atoms with E-state index in [0.717, 1.165) is 24.5 Å². The van der Waals surface area contributed by atoms with Crippen molar-refractivity contribution in [3.8, 4) is 0 Å². The second-order valence-corrected chi connectivity index (χ2v) is 4.97. The first kappa shape index (κ1) is 19.5. The molecule has 0 aliphatic carbocycles. The Balaban J connectivity index is 0.00000264. The number of likely N-dealkylation sites (N-methyl/N-ethyl adjacent to an activating group) is 1. The van der Waals surface area contributed by atoms with Gasteiger partial charge in [0.15, 0.2) is 5.96 Å². The molecule has 0 saturated carbocycles. The third-order valence-electron chi connectivity index (χ3n) is 3.61. The van der Waals surface area contributed by atoms with Gasteiger partial charge in [0.05, 0.1) is 18.8 Å². The highest BCUT2D eigenvalue weighted by atomic mass is 127. The SMILES string of the molecule is CCN(CC)C(CN=C(N)Nc1ccccc1)c1ccco1.I. The summed E-state index contributed by atoms with van der Waals surface area (Å²) in [6.45, 7) is 6.69. The zero-order valence-corrected chi connectivity index (χ0v) is 15.9. The Bertz CT molecular complexity index is 568. The number of nitrogens with two attached hydrogens (primary N) is 1. The quantitative estimate of drug-likeness (QED) is 0.401. The van der Waals surface area contributed by atoms with Gasteiger partial charge in [-0.3, -0.25) is 9.89 Å². The lowest BCUT2D eigenvalue weighted by Gasteiger charge is -2.26. The molecule has 5 nitrogen and oxygen atoms in total. The number of anilines is 1. The highest BCUT2D eigenvalue weighted by molar-refractivity contribution is 14.0. The predicted molar refractivity (Wildman–Crippen MR) is 106 cm³/mol. The summed E-state index contributed by atoms with van der Waals surface area (Å²) in [4.78, 5) is 6.78. The highest BCUT2D eigenvalue weighted by Gasteiger charge is 2.20. The van der Waals surface area contributed by atoms with Gasteiger partial charge in [-0.25, -0.2) is 0 Å². The van der Waals surface area contributed by atoms with Crippen molar-refractivity contribution < 1.29 is 4.42 Å². The van der Waals surface area contributed by atoms with Gasteiger partial charge in [0.2, 0.25) is 0 Å². The smallest absolute Gasteiger partial charge is 0.193 e. The van der Waals surface area contributed by atoms with Crippen LogP contribution >= 0.6 is 24.0 Å². The first-order valence-corrected chi connectivity index (χ1v) is 7.64. The summed E-state index contributed by atoms with van der Waals surface area (Å²) < 4.78 is 5.56. The van der Waals surface area contributed by atoms with E-state index in [1.807, 2.05) is 42.5 Å². The van der Waals surface area contributed by atoms with Crippen molar-refractivity contribution >= 4 is 35.6 Å². The number of para-hydroxylation sites is 1. The molecule has 1 aromatic heterocycles. The van der Waals surface area contributed by atoms with Crippen molar-refractivity contribution in [3.05, 3.63) is 54.5 Å². The van der Waals surface area contributed by atoms with Crippen LogP contribution in [0.25, 0.3) is 0 Å². The number of rotatable bonds is 7. The zero-order chi connectivity index (χ0) is 15.8. The van der Waals surface area contributed by atoms with E-state index in [9.17, 15) is 0 Å². The first-order chi connectivity index (χ1) is 10.7. The summed E-state index contributed by atoms with van der Waals surface area (Å²) in [5.74, 6) is 1.33. The van der Waals surface area contributed by atoms with Crippen molar-refractivity contribution in [2.45, 2.75) is 19.9 Å². The number of aliphatic imine (C=N–C) groups is 1. The molecular weight excluding hydrogens is 403 g/mol. The molecular formula is C17H25IN4O. The fourth-order valence-electron chi connectivity index (χ4n) is 2.42. The minimum absolute atomic E-state index is 0. The van der Waals surface area contributed by atoms with E-state index in [4.69, 9.17) is 10.2 Å². The van der Waals surface area contributed by atoms with Gasteiger partial charge in [0.25, 0.3) is 0 Å². The second kappa shape index (κ2) is 10.3. The number of nitrogens with one attached hydrogen (secondary N) is 1. The van der Waals surface area contributed by atoms with E-state index in [1.165, 1.54) is 0 Å². The minimum atomic E-state index is 0. The molecule has 1 atom stereocenters. The Hall–Kier alpha value is -1.54. The van der Waals surface area contributed by atoms with Gasteiger partial charge < -0.3 is 15.5 Å². The van der Waals surface area contributed by atoms with Crippen molar-refractivity contribution in [1.82, 2.24) is 4.90 Å². The third-order valence-corrected chi connectivity index (χ3v) is 3.61. The molecule has 1 unspecified atom stereocenters. The summed E-state index contributed by atoms with van der Waals surface area (Å²) in [6, 6.07) is 13.8. The molecule has 2 aromatic rings. The number of halogens is 1. The Labute approximate surface area is 155 Å². The Morgan fingerprint density at radius 2 is 1.87 bits per heavy atom. The zero-order valence-electron chi connectivity index (χ0n) is 13.6. The molecule has 0 saturated heterocycles. The maximum Gasteiger partial charge on any atom is 0.193 e. The molecule has 1 heterocycles. The lowest BCUT2D eigenvalue weighted by atomic mass is 10.2. The van der Waals surface area contributed by atoms with Gasteiger partial charge in [-0.05, 0) is 37.4 Å². The van der Waals surface area contributed by atoms with Crippen molar-refractivity contribution in [3.63, 3.8) is 0 Å². The maximum atomic E-state index is 5.98. The topological polar surface area (TPSA) is 66.8 Å². The minimum Gasteiger partial charge on any atom is -0.468 e. The van der Waals surface area contributed by atoms with Gasteiger partial charge in [0.1, 0.15) is 5.76 Å². The molecule has 0 aliphatic rings. The lowest BCUT2D eigenvalue weighted by molar-refractivity contribution is 0.198. The van der Waals surface area contributed by atoms with Crippen LogP contribution in [0.1, 0.15) is 25.6 Å². The molecule has 0 radical (unpaired) electrons. The molecule has 2 rings (SSSR count). The van der Waals surface area contributed by atoms with Crippen molar-refractivity contribution in [2.75, 3.05) is 25.0 Å². The number of hydrogen-bond donors (Lipinski definition) is 2. The Morgan fingerprint density at radius 1 is 1.17 bits per heavy atom. The summed E-state index contributed by atoms with van der Waals surface area (Å²) in [5, 5.41) is 3.10. The monoisotopic (exact) mass is 428 g/mol. The van der Waals surface area contributed by atoms with Crippen LogP contribution in [0, 0.1) is 0 Å². The van der Waals surface area contributed by atoms with E-state index in [2.05, 4.69) is 29.1 Å². The van der Waals surface area contributed by atoms with Crippen LogP contribution < -0.4 is 11.1 Å². The largest absolute Gasteiger partial charge is 0.468 e. The number of benzene rings is 1. The number of furan rings is 1. The van der Waals surface area contributed by atoms with E-state index >= 15 is 0 Å². The molecule has 0 spiro atoms. The van der Waals surface area contributed by atoms with E-state index in [-0.39, 0.29) is 30.0 Å². The molecule has 0 amide bonds. The number of nitrogens with zero attached hydrogens (tertiary/aromatic N) is 2. The summed E-state index contributed by atoms with van der Waals surface area (Å²) in [5.41, 5.74) is 6.91. The molecule has 23 heavy (non-hydrogen) atoms. The van der Waals surface area contributed by atoms with Gasteiger partial charge >= 0.3 is 0 Å². The molecule has 6 heteroatoms. The van der Waals surface area contributed by atoms with E-state index < -0.39 is 0 Å². The van der Waals surface area contributed by atoms with Gasteiger partial charge in [0, 0.05) is 5.69 Å². The Morgan fingerprint density at radius 3 is 2.43 bits per heavy atom. The summed E-state index contributed by atoms with van der Waals surface area (Å²) in [6.07, 6.45) is 1.70. The van der Waals surface area contributed by atoms with Gasteiger partial charge in [-0.2, -0.15) is 0 Å². The van der Waals surface area contributed by atoms with Gasteiger partial charge in [-0.1, -0.05) is 32.0 Å². The van der Waals surface area contributed by atoms with Crippen molar-refractivity contribution in [2.24, 2.45) is 10.7 Å². The summed E-state index contributed by atoms with van der Waals surface area (Å²) >= 11 is 0. The normalized spacial score (nSPS) is 12.7. The number of hydrogen-bond acceptors (Lipinski definition) is 3. The Kier molecular flexibility index (Phi) is 8.71. The van der Waals surface area contributed by atoms with Crippen LogP contribution in [-0.4, -0.2) is 30.5 Å². The fourth-order valence-corrected chi connectivity index (χ4v) is 2.42. The van der Waals surface area contributed by atoms with E-state index in [0.29, 0.717) is 12.5 Å². The molecule has 126 valence electrons. The highest BCUT2D eigenvalue weighted by Crippen LogP contribution is 2.21. The standard InChI is InChI=1S/C17H24N4O.HI/c1-3-21(4-2)15(16-11-8-12-22-16)13-19-17(18)20-14-9-6-5-7-10-14;/h5-12,15H,3-4,13H2,1-2H3,(H3,18,19,20);1H. The lowest BCUT2D eigenvalue weighted by Crippen LogP contribution is -2.31. The van der Waals surface area contributed by atoms with Crippen LogP contribution in [0.2, 0.25) is 0 Å². The van der Waals surface area contributed by atoms with E-state index in [1.54, 1.807) is 6.26 Å². The average Bonchev–Trinajstić information content (AvgIpc) is 3.06. The molecule has 1 aromatic carbocycles. The van der Waals surface area contributed by atoms with Crippen LogP contribution in [0.4, 0.5) is 5.69 Å². The molecule has 0 fully saturated rings. The maximum absolute atomic E-state index is 5.98. The second-order valence-electron chi connectivity index (χ2n) is 4.97. The molecule has 3 N–H and O–H groups in total. The molecule has 0 aliphatic heterocycles. The van der Waals surface area contributed by atoms with Crippen LogP contribution in [0.5, 0.6) is 0 Å². The average molecular weight is 428 g/mol. The van der Waals surface area contributed by atoms with Crippen molar-refractivity contribution in [1.29, 1.82) is 0 Å². The van der Waals surface area contributed by atoms with Gasteiger partial charge in [-0.15, -0.1) is 24.0 Å². The van der Waals surface area contributed by atoms with Crippen LogP contribution in [-0.2, 0) is 0 Å². The third kappa shape index (κ3) is 5.87.